The van der Waals surface area contributed by atoms with Crippen molar-refractivity contribution >= 4 is 11.8 Å². The minimum absolute atomic E-state index is 0.198. The molecule has 0 aromatic heterocycles. The summed E-state index contributed by atoms with van der Waals surface area (Å²) in [6.45, 7) is 5.14. The second kappa shape index (κ2) is 3.82. The van der Waals surface area contributed by atoms with Gasteiger partial charge in [0, 0.05) is 0 Å². The molecular weight excluding hydrogens is 184 g/mol. The van der Waals surface area contributed by atoms with Gasteiger partial charge in [0.1, 0.15) is 5.57 Å². The molecule has 78 valence electrons. The molecule has 1 aliphatic heterocycles. The summed E-state index contributed by atoms with van der Waals surface area (Å²) in [5.41, 5.74) is -0.198. The summed E-state index contributed by atoms with van der Waals surface area (Å²) in [5.74, 6) is -1.07. The van der Waals surface area contributed by atoms with Crippen molar-refractivity contribution in [3.8, 4) is 0 Å². The van der Waals surface area contributed by atoms with Crippen LogP contribution in [0.5, 0.6) is 0 Å². The van der Waals surface area contributed by atoms with Gasteiger partial charge in [-0.2, -0.15) is 0 Å². The Morgan fingerprint density at radius 2 is 2.14 bits per heavy atom. The number of aliphatic hydroxyl groups excluding tert-OH is 1. The number of esters is 1. The number of carbonyl (C=O) groups is 2. The summed E-state index contributed by atoms with van der Waals surface area (Å²) in [7, 11) is 0. The van der Waals surface area contributed by atoms with E-state index in [4.69, 9.17) is 4.74 Å². The number of aliphatic hydroxyl groups is 1. The third-order valence-electron chi connectivity index (χ3n) is 2.05. The molecule has 0 aromatic rings. The van der Waals surface area contributed by atoms with E-state index in [1.165, 1.54) is 6.92 Å². The molecule has 0 fully saturated rings. The zero-order chi connectivity index (χ0) is 10.9. The second-order valence-electron chi connectivity index (χ2n) is 3.84. The van der Waals surface area contributed by atoms with Crippen LogP contribution >= 0.6 is 0 Å². The first-order valence-corrected chi connectivity index (χ1v) is 4.58. The van der Waals surface area contributed by atoms with Gasteiger partial charge >= 0.3 is 5.97 Å². The number of cyclic esters (lactones) is 1. The van der Waals surface area contributed by atoms with Crippen LogP contribution in [0.25, 0.3) is 0 Å². The maximum Gasteiger partial charge on any atom is 0.346 e. The van der Waals surface area contributed by atoms with Crippen molar-refractivity contribution in [1.29, 1.82) is 0 Å². The van der Waals surface area contributed by atoms with Crippen molar-refractivity contribution in [3.63, 3.8) is 0 Å². The van der Waals surface area contributed by atoms with Gasteiger partial charge in [-0.25, -0.2) is 4.79 Å². The van der Waals surface area contributed by atoms with E-state index in [9.17, 15) is 14.7 Å². The zero-order valence-corrected chi connectivity index (χ0v) is 8.53. The molecule has 0 radical (unpaired) electrons. The first-order valence-electron chi connectivity index (χ1n) is 4.58. The second-order valence-corrected chi connectivity index (χ2v) is 3.84. The quantitative estimate of drug-likeness (QED) is 0.549. The first-order chi connectivity index (χ1) is 6.43. The number of ether oxygens (including phenoxy) is 1. The molecule has 0 spiro atoms. The molecule has 4 heteroatoms. The summed E-state index contributed by atoms with van der Waals surface area (Å²) in [4.78, 5) is 22.1. The van der Waals surface area contributed by atoms with Crippen molar-refractivity contribution in [2.45, 2.75) is 33.3 Å². The Hall–Kier alpha value is -1.32. The first kappa shape index (κ1) is 10.8. The lowest BCUT2D eigenvalue weighted by Gasteiger charge is -2.11. The van der Waals surface area contributed by atoms with E-state index in [0.29, 0.717) is 12.3 Å². The average molecular weight is 198 g/mol. The molecule has 1 N–H and O–H groups in total. The smallest absolute Gasteiger partial charge is 0.346 e. The monoisotopic (exact) mass is 198 g/mol. The van der Waals surface area contributed by atoms with Crippen LogP contribution in [0.4, 0.5) is 0 Å². The molecule has 0 amide bonds. The summed E-state index contributed by atoms with van der Waals surface area (Å²) >= 11 is 0. The highest BCUT2D eigenvalue weighted by Crippen LogP contribution is 2.25. The molecule has 1 atom stereocenters. The highest BCUT2D eigenvalue weighted by molar-refractivity contribution is 6.18. The molecule has 4 nitrogen and oxygen atoms in total. The van der Waals surface area contributed by atoms with E-state index in [2.05, 4.69) is 0 Å². The van der Waals surface area contributed by atoms with Crippen LogP contribution in [0.3, 0.4) is 0 Å². The normalized spacial score (nSPS) is 21.7. The lowest BCUT2D eigenvalue weighted by Crippen LogP contribution is -2.14. The van der Waals surface area contributed by atoms with Crippen molar-refractivity contribution < 1.29 is 19.4 Å². The van der Waals surface area contributed by atoms with E-state index in [0.717, 1.165) is 0 Å². The highest BCUT2D eigenvalue weighted by atomic mass is 16.6. The lowest BCUT2D eigenvalue weighted by molar-refractivity contribution is -0.141. The molecule has 0 saturated heterocycles. The zero-order valence-electron chi connectivity index (χ0n) is 8.53. The Morgan fingerprint density at radius 1 is 1.57 bits per heavy atom. The molecule has 0 aliphatic carbocycles. The van der Waals surface area contributed by atoms with Gasteiger partial charge in [0.15, 0.2) is 17.6 Å². The van der Waals surface area contributed by atoms with Crippen LogP contribution in [0.15, 0.2) is 11.3 Å². The van der Waals surface area contributed by atoms with Crippen LogP contribution in [-0.4, -0.2) is 23.0 Å². The molecule has 1 unspecified atom stereocenters. The molecular formula is C10H14O4. The fraction of sp³-hybridized carbons (Fsp3) is 0.600. The van der Waals surface area contributed by atoms with Gasteiger partial charge in [-0.1, -0.05) is 13.8 Å². The van der Waals surface area contributed by atoms with Crippen LogP contribution in [0.2, 0.25) is 0 Å². The van der Waals surface area contributed by atoms with Crippen molar-refractivity contribution in [2.24, 2.45) is 5.92 Å². The van der Waals surface area contributed by atoms with E-state index in [-0.39, 0.29) is 11.3 Å². The van der Waals surface area contributed by atoms with Gasteiger partial charge in [-0.3, -0.25) is 4.79 Å². The van der Waals surface area contributed by atoms with E-state index >= 15 is 0 Å². The maximum atomic E-state index is 11.2. The third kappa shape index (κ3) is 1.95. The van der Waals surface area contributed by atoms with Gasteiger partial charge < -0.3 is 9.84 Å². The Balaban J connectivity index is 2.87. The Morgan fingerprint density at radius 3 is 2.50 bits per heavy atom. The Kier molecular flexibility index (Phi) is 2.93. The van der Waals surface area contributed by atoms with E-state index < -0.39 is 17.9 Å². The Labute approximate surface area is 82.6 Å². The number of rotatable bonds is 3. The fourth-order valence-corrected chi connectivity index (χ4v) is 1.42. The van der Waals surface area contributed by atoms with Crippen LogP contribution in [-0.2, 0) is 14.3 Å². The van der Waals surface area contributed by atoms with Crippen LogP contribution in [0, 0.1) is 5.92 Å². The molecule has 1 heterocycles. The molecule has 0 aromatic carbocycles. The maximum absolute atomic E-state index is 11.2. The molecule has 14 heavy (non-hydrogen) atoms. The SMILES string of the molecule is CC(=O)C1=C(O)C(CC(C)C)OC1=O. The van der Waals surface area contributed by atoms with Gasteiger partial charge in [0.2, 0.25) is 0 Å². The number of Topliss-reactive ketones (excluding diaryl/α,β-unsaturated/α-hetero) is 1. The van der Waals surface area contributed by atoms with Crippen molar-refractivity contribution in [3.05, 3.63) is 11.3 Å². The average Bonchev–Trinajstić information content (AvgIpc) is 2.25. The number of hydrogen-bond donors (Lipinski definition) is 1. The summed E-state index contributed by atoms with van der Waals surface area (Å²) < 4.78 is 4.87. The molecule has 0 bridgehead atoms. The van der Waals surface area contributed by atoms with Gasteiger partial charge in [0.25, 0.3) is 0 Å². The summed E-state index contributed by atoms with van der Waals surface area (Å²) in [6, 6.07) is 0. The van der Waals surface area contributed by atoms with Gasteiger partial charge in [0.05, 0.1) is 0 Å². The van der Waals surface area contributed by atoms with Gasteiger partial charge in [-0.05, 0) is 19.3 Å². The standard InChI is InChI=1S/C10H14O4/c1-5(2)4-7-9(12)8(6(3)11)10(13)14-7/h5,7,12H,4H2,1-3H3. The van der Waals surface area contributed by atoms with Gasteiger partial charge in [-0.15, -0.1) is 0 Å². The number of hydrogen-bond acceptors (Lipinski definition) is 4. The lowest BCUT2D eigenvalue weighted by atomic mass is 10.0. The van der Waals surface area contributed by atoms with E-state index in [1.807, 2.05) is 13.8 Å². The summed E-state index contributed by atoms with van der Waals surface area (Å²) in [6.07, 6.45) is -0.102. The molecule has 0 saturated carbocycles. The predicted octanol–water partition coefficient (Wildman–Crippen LogP) is 1.36. The largest absolute Gasteiger partial charge is 0.507 e. The van der Waals surface area contributed by atoms with Crippen LogP contribution < -0.4 is 0 Å². The molecule has 1 aliphatic rings. The molecule has 1 rings (SSSR count). The minimum Gasteiger partial charge on any atom is -0.507 e. The van der Waals surface area contributed by atoms with Crippen molar-refractivity contribution in [1.82, 2.24) is 0 Å². The number of carbonyl (C=O) groups excluding carboxylic acids is 2. The summed E-state index contributed by atoms with van der Waals surface area (Å²) in [5, 5.41) is 9.55. The Bertz CT molecular complexity index is 301. The third-order valence-corrected chi connectivity index (χ3v) is 2.05. The van der Waals surface area contributed by atoms with Crippen molar-refractivity contribution in [2.75, 3.05) is 0 Å². The fourth-order valence-electron chi connectivity index (χ4n) is 1.42. The van der Waals surface area contributed by atoms with E-state index in [1.54, 1.807) is 0 Å². The minimum atomic E-state index is -0.708. The number of ketones is 1. The topological polar surface area (TPSA) is 63.6 Å². The highest BCUT2D eigenvalue weighted by Gasteiger charge is 2.36. The van der Waals surface area contributed by atoms with Crippen LogP contribution in [0.1, 0.15) is 27.2 Å². The predicted molar refractivity (Wildman–Crippen MR) is 49.7 cm³/mol.